The number of pyridine rings is 1. The standard InChI is InChI=1S/C20H21FN2O2S/c1-3-10-23-19-8-7-17(12-15(19)6-9-20(23)24)22-26(25)13-16-5-4-14(2)11-18(16)21/h4-9,11-12,22H,3,10,13H2,1-2H3. The summed E-state index contributed by atoms with van der Waals surface area (Å²) in [6.07, 6.45) is 0.866. The molecule has 6 heteroatoms. The molecule has 0 saturated heterocycles. The minimum atomic E-state index is -1.45. The van der Waals surface area contributed by atoms with E-state index in [1.807, 2.05) is 26.0 Å². The average molecular weight is 372 g/mol. The number of hydrogen-bond donors (Lipinski definition) is 1. The predicted molar refractivity (Wildman–Crippen MR) is 105 cm³/mol. The fraction of sp³-hybridized carbons (Fsp3) is 0.250. The molecule has 1 heterocycles. The zero-order valence-electron chi connectivity index (χ0n) is 14.8. The van der Waals surface area contributed by atoms with Crippen LogP contribution >= 0.6 is 0 Å². The Kier molecular flexibility index (Phi) is 5.64. The zero-order chi connectivity index (χ0) is 18.7. The monoisotopic (exact) mass is 372 g/mol. The third-order valence-corrected chi connectivity index (χ3v) is 5.20. The second kappa shape index (κ2) is 7.93. The van der Waals surface area contributed by atoms with Crippen LogP contribution in [-0.4, -0.2) is 9.12 Å². The first-order chi connectivity index (χ1) is 12.5. The van der Waals surface area contributed by atoms with Gasteiger partial charge >= 0.3 is 0 Å². The maximum atomic E-state index is 13.9. The molecule has 1 N–H and O–H groups in total. The topological polar surface area (TPSA) is 57.1 Å². The number of nitrogens with zero attached hydrogens (tertiary/aromatic N) is 1. The van der Waals surface area contributed by atoms with Crippen LogP contribution in [0.4, 0.5) is 10.1 Å². The molecular formula is C20H21FN2O2S. The van der Waals surface area contributed by atoms with Gasteiger partial charge in [-0.1, -0.05) is 19.1 Å². The Morgan fingerprint density at radius 2 is 1.96 bits per heavy atom. The van der Waals surface area contributed by atoms with Gasteiger partial charge in [0.15, 0.2) is 5.75 Å². The zero-order valence-corrected chi connectivity index (χ0v) is 15.6. The molecule has 1 unspecified atom stereocenters. The Hall–Kier alpha value is -2.31. The number of fused-ring (bicyclic) bond motifs is 1. The third-order valence-electron chi connectivity index (χ3n) is 4.16. The molecular weight excluding hydrogens is 351 g/mol. The Morgan fingerprint density at radius 1 is 1.15 bits per heavy atom. The maximum absolute atomic E-state index is 13.9. The van der Waals surface area contributed by atoms with Crippen molar-refractivity contribution in [2.45, 2.75) is 32.6 Å². The van der Waals surface area contributed by atoms with Gasteiger partial charge in [0.25, 0.3) is 5.56 Å². The number of benzene rings is 2. The number of halogens is 1. The highest BCUT2D eigenvalue weighted by Crippen LogP contribution is 2.21. The number of hydrogen-bond acceptors (Lipinski definition) is 3. The molecule has 0 spiro atoms. The molecule has 1 atom stereocenters. The summed E-state index contributed by atoms with van der Waals surface area (Å²) in [6, 6.07) is 13.7. The second-order valence-corrected chi connectivity index (χ2v) is 7.47. The van der Waals surface area contributed by atoms with Crippen molar-refractivity contribution in [1.29, 1.82) is 0 Å². The highest BCUT2D eigenvalue weighted by molar-refractivity contribution is 7.91. The fourth-order valence-electron chi connectivity index (χ4n) is 2.90. The van der Waals surface area contributed by atoms with Crippen LogP contribution in [0.2, 0.25) is 0 Å². The van der Waals surface area contributed by atoms with Crippen LogP contribution in [-0.2, 0) is 23.7 Å². The predicted octanol–water partition coefficient (Wildman–Crippen LogP) is 4.13. The van der Waals surface area contributed by atoms with E-state index < -0.39 is 11.4 Å². The van der Waals surface area contributed by atoms with E-state index in [9.17, 15) is 13.7 Å². The van der Waals surface area contributed by atoms with Crippen molar-refractivity contribution in [3.8, 4) is 0 Å². The highest BCUT2D eigenvalue weighted by Gasteiger charge is 2.13. The molecule has 4 nitrogen and oxygen atoms in total. The Bertz CT molecular complexity index is 987. The van der Waals surface area contributed by atoms with Crippen LogP contribution < -0.4 is 10.3 Å². The van der Waals surface area contributed by atoms with Gasteiger partial charge < -0.3 is 9.12 Å². The van der Waals surface area contributed by atoms with Gasteiger partial charge in [0.1, 0.15) is 5.82 Å². The highest BCUT2D eigenvalue weighted by atomic mass is 32.2. The molecule has 26 heavy (non-hydrogen) atoms. The van der Waals surface area contributed by atoms with E-state index in [0.29, 0.717) is 17.8 Å². The molecule has 0 radical (unpaired) electrons. The summed E-state index contributed by atoms with van der Waals surface area (Å²) in [5.41, 5.74) is 2.74. The molecule has 0 amide bonds. The molecule has 0 aliphatic rings. The van der Waals surface area contributed by atoms with Crippen molar-refractivity contribution in [1.82, 2.24) is 4.57 Å². The minimum Gasteiger partial charge on any atom is -0.593 e. The molecule has 0 fully saturated rings. The Labute approximate surface area is 155 Å². The quantitative estimate of drug-likeness (QED) is 0.662. The molecule has 1 aromatic heterocycles. The first-order valence-electron chi connectivity index (χ1n) is 8.51. The van der Waals surface area contributed by atoms with Gasteiger partial charge in [-0.2, -0.15) is 0 Å². The lowest BCUT2D eigenvalue weighted by Crippen LogP contribution is -2.19. The smallest absolute Gasteiger partial charge is 0.251 e. The van der Waals surface area contributed by atoms with E-state index >= 15 is 0 Å². The fourth-order valence-corrected chi connectivity index (χ4v) is 3.88. The molecule has 0 saturated carbocycles. The molecule has 0 bridgehead atoms. The number of nitrogens with one attached hydrogen (secondary N) is 1. The molecule has 0 aliphatic carbocycles. The van der Waals surface area contributed by atoms with Gasteiger partial charge in [-0.3, -0.25) is 4.79 Å². The average Bonchev–Trinajstić information content (AvgIpc) is 2.60. The lowest BCUT2D eigenvalue weighted by atomic mass is 10.2. The molecule has 3 rings (SSSR count). The SMILES string of the molecule is CCCn1c(=O)ccc2cc(N[S+]([O-])Cc3ccc(C)cc3F)ccc21. The van der Waals surface area contributed by atoms with Crippen LogP contribution in [0.1, 0.15) is 24.5 Å². The first-order valence-corrected chi connectivity index (χ1v) is 9.83. The molecule has 3 aromatic rings. The summed E-state index contributed by atoms with van der Waals surface area (Å²) in [5.74, 6) is -0.262. The van der Waals surface area contributed by atoms with Crippen molar-refractivity contribution in [3.63, 3.8) is 0 Å². The molecule has 136 valence electrons. The first kappa shape index (κ1) is 18.5. The van der Waals surface area contributed by atoms with Crippen LogP contribution in [0.15, 0.2) is 53.3 Å². The number of aromatic nitrogens is 1. The van der Waals surface area contributed by atoms with Crippen LogP contribution in [0.25, 0.3) is 10.9 Å². The lowest BCUT2D eigenvalue weighted by molar-refractivity contribution is 0.590. The Balaban J connectivity index is 1.80. The van der Waals surface area contributed by atoms with E-state index in [1.165, 1.54) is 6.07 Å². The normalized spacial score (nSPS) is 12.3. The van der Waals surface area contributed by atoms with E-state index in [1.54, 1.807) is 34.9 Å². The largest absolute Gasteiger partial charge is 0.593 e. The number of anilines is 1. The van der Waals surface area contributed by atoms with E-state index in [-0.39, 0.29) is 17.1 Å². The lowest BCUT2D eigenvalue weighted by Gasteiger charge is -2.14. The second-order valence-electron chi connectivity index (χ2n) is 6.28. The maximum Gasteiger partial charge on any atom is 0.251 e. The van der Waals surface area contributed by atoms with Gasteiger partial charge in [0, 0.05) is 23.6 Å². The summed E-state index contributed by atoms with van der Waals surface area (Å²) in [5, 5.41) is 0.890. The minimum absolute atomic E-state index is 0.0292. The van der Waals surface area contributed by atoms with Crippen molar-refractivity contribution in [2.24, 2.45) is 0 Å². The van der Waals surface area contributed by atoms with Gasteiger partial charge in [0.2, 0.25) is 0 Å². The van der Waals surface area contributed by atoms with Crippen molar-refractivity contribution in [2.75, 3.05) is 4.72 Å². The Morgan fingerprint density at radius 3 is 2.69 bits per heavy atom. The van der Waals surface area contributed by atoms with Crippen LogP contribution in [0, 0.1) is 12.7 Å². The summed E-state index contributed by atoms with van der Waals surface area (Å²) < 4.78 is 30.9. The van der Waals surface area contributed by atoms with Gasteiger partial charge in [-0.25, -0.2) is 9.11 Å². The van der Waals surface area contributed by atoms with E-state index in [4.69, 9.17) is 0 Å². The molecule has 2 aromatic carbocycles. The van der Waals surface area contributed by atoms with Crippen LogP contribution in [0.5, 0.6) is 0 Å². The van der Waals surface area contributed by atoms with Gasteiger partial charge in [-0.15, -0.1) is 0 Å². The van der Waals surface area contributed by atoms with E-state index in [2.05, 4.69) is 4.72 Å². The number of aryl methyl sites for hydroxylation is 2. The van der Waals surface area contributed by atoms with Gasteiger partial charge in [0.05, 0.1) is 22.6 Å². The summed E-state index contributed by atoms with van der Waals surface area (Å²) in [4.78, 5) is 12.0. The summed E-state index contributed by atoms with van der Waals surface area (Å²) in [7, 11) is 0. The summed E-state index contributed by atoms with van der Waals surface area (Å²) >= 11 is -1.45. The van der Waals surface area contributed by atoms with Gasteiger partial charge in [-0.05, 0) is 49.2 Å². The molecule has 0 aliphatic heterocycles. The summed E-state index contributed by atoms with van der Waals surface area (Å²) in [6.45, 7) is 4.49. The van der Waals surface area contributed by atoms with Crippen molar-refractivity contribution in [3.05, 3.63) is 75.8 Å². The van der Waals surface area contributed by atoms with E-state index in [0.717, 1.165) is 22.9 Å². The number of rotatable bonds is 6. The third kappa shape index (κ3) is 4.08. The van der Waals surface area contributed by atoms with Crippen molar-refractivity contribution >= 4 is 28.0 Å². The van der Waals surface area contributed by atoms with Crippen molar-refractivity contribution < 1.29 is 8.94 Å². The van der Waals surface area contributed by atoms with Crippen LogP contribution in [0.3, 0.4) is 0 Å².